The summed E-state index contributed by atoms with van der Waals surface area (Å²) >= 11 is 5.43. The van der Waals surface area contributed by atoms with Gasteiger partial charge in [-0.3, -0.25) is 0 Å². The number of thiocarbonyl (C=S) groups is 1. The molecule has 0 atom stereocenters. The number of nitrogens with zero attached hydrogens (tertiary/aromatic N) is 1. The third-order valence-corrected chi connectivity index (χ3v) is 3.80. The summed E-state index contributed by atoms with van der Waals surface area (Å²) in [5, 5.41) is 3.34. The van der Waals surface area contributed by atoms with Crippen LogP contribution >= 0.6 is 12.2 Å². The standard InChI is InChI=1S/C18H22N2S/c1-20(2)17-12-10-16(11-13-17)18(21)19-14-6-9-15-7-4-3-5-8-15/h3-5,7-8,10-13H,6,9,14H2,1-2H3,(H,19,21). The van der Waals surface area contributed by atoms with Gasteiger partial charge in [0, 0.05) is 31.9 Å². The van der Waals surface area contributed by atoms with Crippen LogP contribution in [0.15, 0.2) is 54.6 Å². The molecule has 2 aromatic carbocycles. The Morgan fingerprint density at radius 1 is 1.00 bits per heavy atom. The van der Waals surface area contributed by atoms with Gasteiger partial charge in [0.15, 0.2) is 0 Å². The van der Waals surface area contributed by atoms with E-state index in [0.29, 0.717) is 0 Å². The summed E-state index contributed by atoms with van der Waals surface area (Å²) in [6, 6.07) is 18.9. The van der Waals surface area contributed by atoms with E-state index in [-0.39, 0.29) is 0 Å². The zero-order valence-electron chi connectivity index (χ0n) is 12.7. The zero-order valence-corrected chi connectivity index (χ0v) is 13.5. The van der Waals surface area contributed by atoms with Crippen LogP contribution in [0.25, 0.3) is 0 Å². The van der Waals surface area contributed by atoms with Crippen LogP contribution in [0.3, 0.4) is 0 Å². The molecular formula is C18H22N2S. The lowest BCUT2D eigenvalue weighted by molar-refractivity contribution is 0.778. The Morgan fingerprint density at radius 2 is 1.67 bits per heavy atom. The highest BCUT2D eigenvalue weighted by atomic mass is 32.1. The quantitative estimate of drug-likeness (QED) is 0.647. The van der Waals surface area contributed by atoms with Crippen LogP contribution in [-0.2, 0) is 6.42 Å². The zero-order chi connectivity index (χ0) is 15.1. The summed E-state index contributed by atoms with van der Waals surface area (Å²) in [5.41, 5.74) is 3.64. The maximum Gasteiger partial charge on any atom is 0.106 e. The van der Waals surface area contributed by atoms with Crippen molar-refractivity contribution in [3.63, 3.8) is 0 Å². The largest absolute Gasteiger partial charge is 0.378 e. The van der Waals surface area contributed by atoms with Crippen LogP contribution in [0, 0.1) is 0 Å². The molecule has 110 valence electrons. The fraction of sp³-hybridized carbons (Fsp3) is 0.278. The van der Waals surface area contributed by atoms with Crippen LogP contribution in [0.5, 0.6) is 0 Å². The summed E-state index contributed by atoms with van der Waals surface area (Å²) in [4.78, 5) is 2.91. The summed E-state index contributed by atoms with van der Waals surface area (Å²) < 4.78 is 0. The smallest absolute Gasteiger partial charge is 0.106 e. The Labute approximate surface area is 132 Å². The highest BCUT2D eigenvalue weighted by molar-refractivity contribution is 7.80. The van der Waals surface area contributed by atoms with Crippen LogP contribution < -0.4 is 10.2 Å². The second-order valence-electron chi connectivity index (χ2n) is 5.29. The summed E-state index contributed by atoms with van der Waals surface area (Å²) in [6.07, 6.45) is 2.16. The van der Waals surface area contributed by atoms with Crippen LogP contribution in [-0.4, -0.2) is 25.6 Å². The maximum absolute atomic E-state index is 5.43. The molecule has 2 aromatic rings. The Bertz CT molecular complexity index is 562. The minimum atomic E-state index is 0.827. The van der Waals surface area contributed by atoms with E-state index >= 15 is 0 Å². The monoisotopic (exact) mass is 298 g/mol. The van der Waals surface area contributed by atoms with Gasteiger partial charge < -0.3 is 10.2 Å². The van der Waals surface area contributed by atoms with Gasteiger partial charge in [-0.1, -0.05) is 42.5 Å². The van der Waals surface area contributed by atoms with Crippen molar-refractivity contribution in [1.82, 2.24) is 5.32 Å². The molecule has 2 nitrogen and oxygen atoms in total. The number of hydrogen-bond donors (Lipinski definition) is 1. The fourth-order valence-electron chi connectivity index (χ4n) is 2.15. The van der Waals surface area contributed by atoms with Gasteiger partial charge in [0.05, 0.1) is 0 Å². The predicted molar refractivity (Wildman–Crippen MR) is 95.2 cm³/mol. The highest BCUT2D eigenvalue weighted by Crippen LogP contribution is 2.12. The summed E-state index contributed by atoms with van der Waals surface area (Å²) in [7, 11) is 4.07. The Balaban J connectivity index is 1.76. The average Bonchev–Trinajstić information content (AvgIpc) is 2.52. The third kappa shape index (κ3) is 4.87. The number of hydrogen-bond acceptors (Lipinski definition) is 2. The van der Waals surface area contributed by atoms with Crippen LogP contribution in [0.2, 0.25) is 0 Å². The minimum Gasteiger partial charge on any atom is -0.378 e. The predicted octanol–water partition coefficient (Wildman–Crippen LogP) is 3.65. The first-order valence-electron chi connectivity index (χ1n) is 7.26. The molecule has 0 aliphatic rings. The number of nitrogens with one attached hydrogen (secondary N) is 1. The Morgan fingerprint density at radius 3 is 2.29 bits per heavy atom. The van der Waals surface area contributed by atoms with Crippen molar-refractivity contribution in [2.75, 3.05) is 25.5 Å². The van der Waals surface area contributed by atoms with Crippen molar-refractivity contribution in [2.45, 2.75) is 12.8 Å². The lowest BCUT2D eigenvalue weighted by atomic mass is 10.1. The van der Waals surface area contributed by atoms with Gasteiger partial charge in [-0.05, 0) is 42.7 Å². The van der Waals surface area contributed by atoms with Gasteiger partial charge in [0.25, 0.3) is 0 Å². The number of anilines is 1. The van der Waals surface area contributed by atoms with Crippen molar-refractivity contribution in [2.24, 2.45) is 0 Å². The van der Waals surface area contributed by atoms with E-state index in [2.05, 4.69) is 58.7 Å². The van der Waals surface area contributed by atoms with E-state index in [0.717, 1.165) is 29.9 Å². The molecule has 3 heteroatoms. The molecule has 0 bridgehead atoms. The molecule has 0 fully saturated rings. The Kier molecular flexibility index (Phi) is 5.76. The first-order valence-corrected chi connectivity index (χ1v) is 7.67. The molecule has 0 radical (unpaired) electrons. The molecular weight excluding hydrogens is 276 g/mol. The molecule has 0 amide bonds. The summed E-state index contributed by atoms with van der Waals surface area (Å²) in [5.74, 6) is 0. The molecule has 0 aromatic heterocycles. The molecule has 0 heterocycles. The number of benzene rings is 2. The van der Waals surface area contributed by atoms with Gasteiger partial charge in [-0.25, -0.2) is 0 Å². The number of rotatable bonds is 6. The van der Waals surface area contributed by atoms with Crippen molar-refractivity contribution in [3.05, 3.63) is 65.7 Å². The highest BCUT2D eigenvalue weighted by Gasteiger charge is 2.01. The van der Waals surface area contributed by atoms with Crippen LogP contribution in [0.1, 0.15) is 17.5 Å². The van der Waals surface area contributed by atoms with Crippen LogP contribution in [0.4, 0.5) is 5.69 Å². The molecule has 0 spiro atoms. The van der Waals surface area contributed by atoms with E-state index in [9.17, 15) is 0 Å². The second-order valence-corrected chi connectivity index (χ2v) is 5.69. The fourth-order valence-corrected chi connectivity index (χ4v) is 2.39. The van der Waals surface area contributed by atoms with E-state index in [1.165, 1.54) is 11.3 Å². The lowest BCUT2D eigenvalue weighted by Crippen LogP contribution is -2.23. The van der Waals surface area contributed by atoms with Crippen molar-refractivity contribution in [3.8, 4) is 0 Å². The molecule has 0 saturated carbocycles. The first-order chi connectivity index (χ1) is 10.2. The Hall–Kier alpha value is -1.87. The SMILES string of the molecule is CN(C)c1ccc(C(=S)NCCCc2ccccc2)cc1. The van der Waals surface area contributed by atoms with E-state index in [1.54, 1.807) is 0 Å². The van der Waals surface area contributed by atoms with Gasteiger partial charge in [-0.2, -0.15) is 0 Å². The van der Waals surface area contributed by atoms with Crippen molar-refractivity contribution in [1.29, 1.82) is 0 Å². The van der Waals surface area contributed by atoms with Gasteiger partial charge in [0.1, 0.15) is 4.99 Å². The van der Waals surface area contributed by atoms with Gasteiger partial charge in [-0.15, -0.1) is 0 Å². The average molecular weight is 298 g/mol. The third-order valence-electron chi connectivity index (χ3n) is 3.42. The molecule has 0 aliphatic heterocycles. The maximum atomic E-state index is 5.43. The second kappa shape index (κ2) is 7.79. The minimum absolute atomic E-state index is 0.827. The molecule has 21 heavy (non-hydrogen) atoms. The number of aryl methyl sites for hydroxylation is 1. The topological polar surface area (TPSA) is 15.3 Å². The van der Waals surface area contributed by atoms with Crippen molar-refractivity contribution < 1.29 is 0 Å². The summed E-state index contributed by atoms with van der Waals surface area (Å²) in [6.45, 7) is 0.906. The molecule has 1 N–H and O–H groups in total. The van der Waals surface area contributed by atoms with Gasteiger partial charge in [0.2, 0.25) is 0 Å². The molecule has 0 aliphatic carbocycles. The van der Waals surface area contributed by atoms with E-state index in [1.807, 2.05) is 20.2 Å². The normalized spacial score (nSPS) is 10.2. The first kappa shape index (κ1) is 15.5. The lowest BCUT2D eigenvalue weighted by Gasteiger charge is -2.13. The molecule has 0 unspecified atom stereocenters. The van der Waals surface area contributed by atoms with Crippen molar-refractivity contribution >= 4 is 22.9 Å². The molecule has 0 saturated heterocycles. The van der Waals surface area contributed by atoms with E-state index < -0.39 is 0 Å². The van der Waals surface area contributed by atoms with Gasteiger partial charge >= 0.3 is 0 Å². The molecule has 2 rings (SSSR count). The van der Waals surface area contributed by atoms with E-state index in [4.69, 9.17) is 12.2 Å².